The standard InChI is InChI=1S/C16H23N3/c1-12(2)10-13-6-5-7-14(11-13)16(17-3)15-8-9-18-19(15)4/h5-9,11-12,16-17H,10H2,1-4H3. The largest absolute Gasteiger partial charge is 0.308 e. The zero-order chi connectivity index (χ0) is 13.8. The number of hydrogen-bond acceptors (Lipinski definition) is 2. The maximum atomic E-state index is 4.26. The van der Waals surface area contributed by atoms with Gasteiger partial charge in [-0.2, -0.15) is 5.10 Å². The second-order valence-electron chi connectivity index (χ2n) is 5.44. The van der Waals surface area contributed by atoms with Gasteiger partial charge in [0.15, 0.2) is 0 Å². The monoisotopic (exact) mass is 257 g/mol. The molecule has 0 spiro atoms. The SMILES string of the molecule is CNC(c1cccc(CC(C)C)c1)c1ccnn1C. The lowest BCUT2D eigenvalue weighted by atomic mass is 9.97. The molecule has 102 valence electrons. The Kier molecular flexibility index (Phi) is 4.38. The molecule has 1 heterocycles. The summed E-state index contributed by atoms with van der Waals surface area (Å²) in [4.78, 5) is 0. The Morgan fingerprint density at radius 3 is 2.63 bits per heavy atom. The highest BCUT2D eigenvalue weighted by Crippen LogP contribution is 2.22. The van der Waals surface area contributed by atoms with Crippen LogP contribution in [0.15, 0.2) is 36.5 Å². The van der Waals surface area contributed by atoms with Crippen molar-refractivity contribution in [1.82, 2.24) is 15.1 Å². The van der Waals surface area contributed by atoms with Crippen LogP contribution in [0.5, 0.6) is 0 Å². The number of rotatable bonds is 5. The average Bonchev–Trinajstić information content (AvgIpc) is 2.77. The molecule has 3 heteroatoms. The highest BCUT2D eigenvalue weighted by atomic mass is 15.3. The Morgan fingerprint density at radius 1 is 1.26 bits per heavy atom. The van der Waals surface area contributed by atoms with Crippen LogP contribution in [0, 0.1) is 5.92 Å². The Labute approximate surface area is 115 Å². The molecule has 0 saturated carbocycles. The first kappa shape index (κ1) is 13.8. The van der Waals surface area contributed by atoms with E-state index in [9.17, 15) is 0 Å². The van der Waals surface area contributed by atoms with Crippen molar-refractivity contribution in [2.45, 2.75) is 26.3 Å². The van der Waals surface area contributed by atoms with Crippen molar-refractivity contribution in [3.63, 3.8) is 0 Å². The van der Waals surface area contributed by atoms with E-state index < -0.39 is 0 Å². The number of hydrogen-bond donors (Lipinski definition) is 1. The fraction of sp³-hybridized carbons (Fsp3) is 0.438. The van der Waals surface area contributed by atoms with Gasteiger partial charge in [0.2, 0.25) is 0 Å². The predicted octanol–water partition coefficient (Wildman–Crippen LogP) is 2.93. The molecule has 1 aromatic heterocycles. The van der Waals surface area contributed by atoms with Crippen molar-refractivity contribution < 1.29 is 0 Å². The number of nitrogens with one attached hydrogen (secondary N) is 1. The van der Waals surface area contributed by atoms with Gasteiger partial charge in [0.1, 0.15) is 0 Å². The highest BCUT2D eigenvalue weighted by Gasteiger charge is 2.15. The van der Waals surface area contributed by atoms with Crippen molar-refractivity contribution in [3.05, 3.63) is 53.3 Å². The van der Waals surface area contributed by atoms with Crippen LogP contribution in [0.3, 0.4) is 0 Å². The molecule has 0 amide bonds. The summed E-state index contributed by atoms with van der Waals surface area (Å²) in [7, 11) is 3.98. The van der Waals surface area contributed by atoms with Gasteiger partial charge in [0, 0.05) is 13.2 Å². The van der Waals surface area contributed by atoms with Gasteiger partial charge < -0.3 is 5.32 Å². The molecule has 0 aliphatic carbocycles. The molecule has 1 atom stereocenters. The van der Waals surface area contributed by atoms with Crippen molar-refractivity contribution in [1.29, 1.82) is 0 Å². The van der Waals surface area contributed by atoms with Crippen LogP contribution >= 0.6 is 0 Å². The van der Waals surface area contributed by atoms with Gasteiger partial charge >= 0.3 is 0 Å². The maximum absolute atomic E-state index is 4.26. The molecule has 2 rings (SSSR count). The van der Waals surface area contributed by atoms with Gasteiger partial charge in [-0.05, 0) is 36.6 Å². The Hall–Kier alpha value is -1.61. The lowest BCUT2D eigenvalue weighted by molar-refractivity contribution is 0.603. The van der Waals surface area contributed by atoms with E-state index in [1.165, 1.54) is 16.8 Å². The first-order chi connectivity index (χ1) is 9.11. The van der Waals surface area contributed by atoms with Crippen LogP contribution in [0.25, 0.3) is 0 Å². The first-order valence-electron chi connectivity index (χ1n) is 6.85. The van der Waals surface area contributed by atoms with Gasteiger partial charge in [-0.3, -0.25) is 4.68 Å². The van der Waals surface area contributed by atoms with Gasteiger partial charge in [-0.1, -0.05) is 38.1 Å². The predicted molar refractivity (Wildman–Crippen MR) is 79.1 cm³/mol. The van der Waals surface area contributed by atoms with Gasteiger partial charge in [-0.15, -0.1) is 0 Å². The molecular weight excluding hydrogens is 234 g/mol. The lowest BCUT2D eigenvalue weighted by Crippen LogP contribution is -2.20. The third-order valence-electron chi connectivity index (χ3n) is 3.37. The topological polar surface area (TPSA) is 29.9 Å². The van der Waals surface area contributed by atoms with Crippen LogP contribution < -0.4 is 5.32 Å². The average molecular weight is 257 g/mol. The summed E-state index contributed by atoms with van der Waals surface area (Å²) in [6.07, 6.45) is 2.97. The van der Waals surface area contributed by atoms with Crippen molar-refractivity contribution in [3.8, 4) is 0 Å². The molecule has 0 radical (unpaired) electrons. The fourth-order valence-electron chi connectivity index (χ4n) is 2.52. The van der Waals surface area contributed by atoms with Gasteiger partial charge in [-0.25, -0.2) is 0 Å². The van der Waals surface area contributed by atoms with Crippen LogP contribution in [0.4, 0.5) is 0 Å². The van der Waals surface area contributed by atoms with Crippen molar-refractivity contribution in [2.75, 3.05) is 7.05 Å². The van der Waals surface area contributed by atoms with E-state index in [0.717, 1.165) is 6.42 Å². The van der Waals surface area contributed by atoms with Crippen molar-refractivity contribution in [2.24, 2.45) is 13.0 Å². The molecule has 0 bridgehead atoms. The molecular formula is C16H23N3. The Balaban J connectivity index is 2.31. The molecule has 1 unspecified atom stereocenters. The minimum absolute atomic E-state index is 0.194. The molecule has 3 nitrogen and oxygen atoms in total. The Bertz CT molecular complexity index is 528. The number of nitrogens with zero attached hydrogens (tertiary/aromatic N) is 2. The molecule has 2 aromatic rings. The third-order valence-corrected chi connectivity index (χ3v) is 3.37. The summed E-state index contributed by atoms with van der Waals surface area (Å²) in [6, 6.07) is 11.1. The normalized spacial score (nSPS) is 12.9. The van der Waals surface area contributed by atoms with E-state index in [1.54, 1.807) is 0 Å². The summed E-state index contributed by atoms with van der Waals surface area (Å²) >= 11 is 0. The summed E-state index contributed by atoms with van der Waals surface area (Å²) in [5.74, 6) is 0.681. The molecule has 0 aliphatic heterocycles. The molecule has 1 N–H and O–H groups in total. The van der Waals surface area contributed by atoms with Crippen LogP contribution in [0.2, 0.25) is 0 Å². The van der Waals surface area contributed by atoms with E-state index in [1.807, 2.05) is 25.0 Å². The minimum Gasteiger partial charge on any atom is -0.308 e. The molecule has 0 fully saturated rings. The lowest BCUT2D eigenvalue weighted by Gasteiger charge is -2.18. The molecule has 1 aromatic carbocycles. The van der Waals surface area contributed by atoms with Crippen LogP contribution in [0.1, 0.15) is 36.7 Å². The fourth-order valence-corrected chi connectivity index (χ4v) is 2.52. The van der Waals surface area contributed by atoms with Crippen molar-refractivity contribution >= 4 is 0 Å². The van der Waals surface area contributed by atoms with E-state index in [-0.39, 0.29) is 6.04 Å². The summed E-state index contributed by atoms with van der Waals surface area (Å²) in [5.41, 5.74) is 3.88. The second-order valence-corrected chi connectivity index (χ2v) is 5.44. The van der Waals surface area contributed by atoms with E-state index in [0.29, 0.717) is 5.92 Å². The second kappa shape index (κ2) is 6.02. The van der Waals surface area contributed by atoms with Gasteiger partial charge in [0.05, 0.1) is 11.7 Å². The van der Waals surface area contributed by atoms with Crippen LogP contribution in [-0.4, -0.2) is 16.8 Å². The quantitative estimate of drug-likeness (QED) is 0.892. The smallest absolute Gasteiger partial charge is 0.0745 e. The summed E-state index contributed by atoms with van der Waals surface area (Å²) in [5, 5.41) is 7.64. The maximum Gasteiger partial charge on any atom is 0.0745 e. The van der Waals surface area contributed by atoms with Gasteiger partial charge in [0.25, 0.3) is 0 Å². The Morgan fingerprint density at radius 2 is 2.05 bits per heavy atom. The third kappa shape index (κ3) is 3.24. The van der Waals surface area contributed by atoms with Crippen LogP contribution in [-0.2, 0) is 13.5 Å². The number of benzene rings is 1. The van der Waals surface area contributed by atoms with E-state index >= 15 is 0 Å². The highest BCUT2D eigenvalue weighted by molar-refractivity contribution is 5.31. The number of aryl methyl sites for hydroxylation is 1. The molecule has 19 heavy (non-hydrogen) atoms. The zero-order valence-corrected chi connectivity index (χ0v) is 12.2. The number of aromatic nitrogens is 2. The van der Waals surface area contributed by atoms with E-state index in [2.05, 4.69) is 54.6 Å². The minimum atomic E-state index is 0.194. The van der Waals surface area contributed by atoms with E-state index in [4.69, 9.17) is 0 Å². The summed E-state index contributed by atoms with van der Waals surface area (Å²) in [6.45, 7) is 4.51. The first-order valence-corrected chi connectivity index (χ1v) is 6.85. The molecule has 0 aliphatic rings. The zero-order valence-electron chi connectivity index (χ0n) is 12.2. The molecule has 0 saturated heterocycles. The summed E-state index contributed by atoms with van der Waals surface area (Å²) < 4.78 is 1.93.